The van der Waals surface area contributed by atoms with Gasteiger partial charge in [-0.1, -0.05) is 0 Å². The minimum Gasteiger partial charge on any atom is -0.454 e. The average Bonchev–Trinajstić information content (AvgIpc) is 3.32. The average molecular weight is 418 g/mol. The first-order valence-corrected chi connectivity index (χ1v) is 8.90. The monoisotopic (exact) mass is 417 g/mol. The summed E-state index contributed by atoms with van der Waals surface area (Å²) in [5.74, 6) is 1.83. The number of aromatic nitrogens is 1. The molecule has 26 heavy (non-hydrogen) atoms. The summed E-state index contributed by atoms with van der Waals surface area (Å²) < 4.78 is 10.7. The number of carbonyl (C=O) groups excluding carboxylic acids is 1. The van der Waals surface area contributed by atoms with E-state index in [0.29, 0.717) is 24.7 Å². The topological polar surface area (TPSA) is 77.7 Å². The molecule has 0 aliphatic carbocycles. The summed E-state index contributed by atoms with van der Waals surface area (Å²) in [5, 5.41) is 2.63. The molecule has 0 bridgehead atoms. The highest BCUT2D eigenvalue weighted by Crippen LogP contribution is 2.37. The number of likely N-dealkylation sites (tertiary alicyclic amines) is 1. The number of thiazole rings is 1. The van der Waals surface area contributed by atoms with E-state index in [1.807, 2.05) is 28.5 Å². The van der Waals surface area contributed by atoms with Crippen molar-refractivity contribution in [3.8, 4) is 22.1 Å². The second-order valence-corrected chi connectivity index (χ2v) is 7.11. The highest BCUT2D eigenvalue weighted by Gasteiger charge is 2.33. The molecule has 2 aliphatic heterocycles. The number of benzene rings is 1. The zero-order valence-electron chi connectivity index (χ0n) is 14.2. The third-order valence-corrected chi connectivity index (χ3v) is 5.49. The Balaban J connectivity index is 0.00000121. The number of fused-ring (bicyclic) bond motifs is 1. The Morgan fingerprint density at radius 2 is 2.12 bits per heavy atom. The van der Waals surface area contributed by atoms with E-state index in [2.05, 4.69) is 11.9 Å². The van der Waals surface area contributed by atoms with E-state index in [-0.39, 0.29) is 43.6 Å². The zero-order chi connectivity index (χ0) is 16.7. The predicted octanol–water partition coefficient (Wildman–Crippen LogP) is 3.19. The van der Waals surface area contributed by atoms with Crippen LogP contribution in [0.25, 0.3) is 10.6 Å². The Bertz CT molecular complexity index is 786. The van der Waals surface area contributed by atoms with Gasteiger partial charge >= 0.3 is 0 Å². The molecule has 0 spiro atoms. The number of hydrogen-bond acceptors (Lipinski definition) is 6. The Morgan fingerprint density at radius 3 is 2.85 bits per heavy atom. The van der Waals surface area contributed by atoms with Crippen molar-refractivity contribution in [2.24, 2.45) is 11.7 Å². The van der Waals surface area contributed by atoms with Gasteiger partial charge in [0.05, 0.1) is 0 Å². The van der Waals surface area contributed by atoms with Gasteiger partial charge in [-0.2, -0.15) is 0 Å². The summed E-state index contributed by atoms with van der Waals surface area (Å²) in [5.41, 5.74) is 7.17. The zero-order valence-corrected chi connectivity index (χ0v) is 16.7. The molecule has 0 saturated carbocycles. The molecular weight excluding hydrogens is 397 g/mol. The van der Waals surface area contributed by atoms with Crippen LogP contribution in [0.15, 0.2) is 23.6 Å². The minimum atomic E-state index is -0.0123. The van der Waals surface area contributed by atoms with Gasteiger partial charge in [0.1, 0.15) is 10.7 Å². The van der Waals surface area contributed by atoms with Gasteiger partial charge in [0, 0.05) is 23.5 Å². The molecule has 9 heteroatoms. The fourth-order valence-electron chi connectivity index (χ4n) is 3.28. The summed E-state index contributed by atoms with van der Waals surface area (Å²) in [6.07, 6.45) is 0.960. The van der Waals surface area contributed by atoms with E-state index < -0.39 is 0 Å². The Kier molecular flexibility index (Phi) is 6.74. The molecule has 1 saturated heterocycles. The second kappa shape index (κ2) is 8.43. The molecule has 4 rings (SSSR count). The van der Waals surface area contributed by atoms with Crippen LogP contribution in [-0.2, 0) is 0 Å². The van der Waals surface area contributed by atoms with Crippen LogP contribution in [0.1, 0.15) is 23.8 Å². The fraction of sp³-hybridized carbons (Fsp3) is 0.412. The number of halogens is 2. The van der Waals surface area contributed by atoms with Crippen molar-refractivity contribution in [3.05, 3.63) is 29.3 Å². The third kappa shape index (κ3) is 3.76. The lowest BCUT2D eigenvalue weighted by Crippen LogP contribution is -2.34. The molecule has 1 fully saturated rings. The maximum Gasteiger partial charge on any atom is 0.273 e. The molecule has 2 atom stereocenters. The number of ether oxygens (including phenoxy) is 2. The van der Waals surface area contributed by atoms with Gasteiger partial charge in [-0.25, -0.2) is 4.98 Å². The first-order chi connectivity index (χ1) is 11.7. The normalized spacial score (nSPS) is 20.5. The molecular formula is C17H21Cl2N3O3S. The van der Waals surface area contributed by atoms with E-state index in [9.17, 15) is 4.79 Å². The van der Waals surface area contributed by atoms with Crippen LogP contribution in [0.3, 0.4) is 0 Å². The van der Waals surface area contributed by atoms with Gasteiger partial charge < -0.3 is 20.1 Å². The quantitative estimate of drug-likeness (QED) is 0.829. The van der Waals surface area contributed by atoms with Gasteiger partial charge in [-0.3, -0.25) is 4.79 Å². The van der Waals surface area contributed by atoms with E-state index in [1.165, 1.54) is 11.3 Å². The molecule has 1 amide bonds. The van der Waals surface area contributed by atoms with Crippen LogP contribution < -0.4 is 15.2 Å². The van der Waals surface area contributed by atoms with Crippen molar-refractivity contribution in [3.63, 3.8) is 0 Å². The number of rotatable bonds is 3. The first-order valence-electron chi connectivity index (χ1n) is 8.02. The Morgan fingerprint density at radius 1 is 1.35 bits per heavy atom. The van der Waals surface area contributed by atoms with Gasteiger partial charge in [0.15, 0.2) is 11.5 Å². The number of nitrogens with two attached hydrogens (primary N) is 1. The van der Waals surface area contributed by atoms with Crippen LogP contribution in [-0.4, -0.2) is 41.7 Å². The highest BCUT2D eigenvalue weighted by atomic mass is 35.5. The molecule has 142 valence electrons. The summed E-state index contributed by atoms with van der Waals surface area (Å²) in [6, 6.07) is 5.92. The molecule has 3 heterocycles. The Labute approximate surface area is 168 Å². The van der Waals surface area contributed by atoms with Crippen molar-refractivity contribution in [1.29, 1.82) is 0 Å². The van der Waals surface area contributed by atoms with Crippen LogP contribution in [0.4, 0.5) is 0 Å². The van der Waals surface area contributed by atoms with Crippen molar-refractivity contribution in [2.75, 3.05) is 19.9 Å². The standard InChI is InChI=1S/C17H19N3O3S.2ClH/c1-10-4-11(6-18)7-20(10)17(21)13-8-24-16(19-13)12-2-3-14-15(5-12)23-9-22-14;;/h2-3,5,8,10-11H,4,6-7,9,18H2,1H3;2*1H. The van der Waals surface area contributed by atoms with E-state index in [0.717, 1.165) is 28.5 Å². The smallest absolute Gasteiger partial charge is 0.273 e. The maximum absolute atomic E-state index is 12.7. The van der Waals surface area contributed by atoms with Gasteiger partial charge in [0.2, 0.25) is 6.79 Å². The Hall–Kier alpha value is -1.54. The van der Waals surface area contributed by atoms with E-state index in [4.69, 9.17) is 15.2 Å². The lowest BCUT2D eigenvalue weighted by atomic mass is 10.1. The summed E-state index contributed by atoms with van der Waals surface area (Å²) in [4.78, 5) is 19.2. The predicted molar refractivity (Wildman–Crippen MR) is 106 cm³/mol. The molecule has 2 aliphatic rings. The molecule has 2 aromatic rings. The highest BCUT2D eigenvalue weighted by molar-refractivity contribution is 7.13. The third-order valence-electron chi connectivity index (χ3n) is 4.60. The molecule has 2 unspecified atom stereocenters. The van der Waals surface area contributed by atoms with Crippen molar-refractivity contribution < 1.29 is 14.3 Å². The largest absolute Gasteiger partial charge is 0.454 e. The van der Waals surface area contributed by atoms with E-state index in [1.54, 1.807) is 0 Å². The van der Waals surface area contributed by atoms with Crippen molar-refractivity contribution in [2.45, 2.75) is 19.4 Å². The van der Waals surface area contributed by atoms with Crippen LogP contribution in [0.5, 0.6) is 11.5 Å². The van der Waals surface area contributed by atoms with Crippen molar-refractivity contribution in [1.82, 2.24) is 9.88 Å². The molecule has 0 radical (unpaired) electrons. The lowest BCUT2D eigenvalue weighted by molar-refractivity contribution is 0.0738. The molecule has 1 aromatic carbocycles. The second-order valence-electron chi connectivity index (χ2n) is 6.25. The summed E-state index contributed by atoms with van der Waals surface area (Å²) in [6.45, 7) is 3.65. The van der Waals surface area contributed by atoms with Crippen LogP contribution in [0.2, 0.25) is 0 Å². The van der Waals surface area contributed by atoms with Gasteiger partial charge in [-0.05, 0) is 44.0 Å². The summed E-state index contributed by atoms with van der Waals surface area (Å²) >= 11 is 1.46. The van der Waals surface area contributed by atoms with Crippen LogP contribution in [0, 0.1) is 5.92 Å². The maximum atomic E-state index is 12.7. The number of nitrogens with zero attached hydrogens (tertiary/aromatic N) is 2. The van der Waals surface area contributed by atoms with Crippen LogP contribution >= 0.6 is 36.2 Å². The first kappa shape index (κ1) is 20.8. The minimum absolute atomic E-state index is 0. The van der Waals surface area contributed by atoms with Gasteiger partial charge in [0.25, 0.3) is 5.91 Å². The summed E-state index contributed by atoms with van der Waals surface area (Å²) in [7, 11) is 0. The number of carbonyl (C=O) groups is 1. The molecule has 2 N–H and O–H groups in total. The fourth-order valence-corrected chi connectivity index (χ4v) is 4.07. The molecule has 1 aromatic heterocycles. The van der Waals surface area contributed by atoms with E-state index >= 15 is 0 Å². The van der Waals surface area contributed by atoms with Crippen molar-refractivity contribution >= 4 is 42.1 Å². The lowest BCUT2D eigenvalue weighted by Gasteiger charge is -2.20. The number of amides is 1. The number of hydrogen-bond donors (Lipinski definition) is 1. The van der Waals surface area contributed by atoms with Gasteiger partial charge in [-0.15, -0.1) is 36.2 Å². The molecule has 6 nitrogen and oxygen atoms in total. The SMILES string of the molecule is CC1CC(CN)CN1C(=O)c1csc(-c2ccc3c(c2)OCO3)n1.Cl.Cl.